The molecule has 1 saturated heterocycles. The van der Waals surface area contributed by atoms with Gasteiger partial charge in [0, 0.05) is 13.1 Å². The van der Waals surface area contributed by atoms with Gasteiger partial charge >= 0.3 is 6.18 Å². The molecule has 21 heavy (non-hydrogen) atoms. The molecule has 0 unspecified atom stereocenters. The molecule has 1 aromatic carbocycles. The molecular weight excluding hydrogens is 283 g/mol. The van der Waals surface area contributed by atoms with Crippen molar-refractivity contribution in [1.82, 2.24) is 9.97 Å². The molecule has 1 aliphatic heterocycles. The number of alkyl halides is 3. The highest BCUT2D eigenvalue weighted by molar-refractivity contribution is 5.93. The Morgan fingerprint density at radius 2 is 1.86 bits per heavy atom. The summed E-state index contributed by atoms with van der Waals surface area (Å²) < 4.78 is 39.2. The summed E-state index contributed by atoms with van der Waals surface area (Å²) in [6.45, 7) is 1.55. The van der Waals surface area contributed by atoms with Crippen LogP contribution in [0.25, 0.3) is 10.9 Å². The van der Waals surface area contributed by atoms with E-state index in [0.717, 1.165) is 44.7 Å². The second-order valence-corrected chi connectivity index (χ2v) is 5.13. The summed E-state index contributed by atoms with van der Waals surface area (Å²) in [6, 6.07) is 2.39. The second-order valence-electron chi connectivity index (χ2n) is 5.13. The molecule has 7 heteroatoms. The average Bonchev–Trinajstić information content (AvgIpc) is 2.46. The molecule has 0 atom stereocenters. The molecule has 0 bridgehead atoms. The van der Waals surface area contributed by atoms with Gasteiger partial charge in [0.15, 0.2) is 0 Å². The molecule has 0 spiro atoms. The van der Waals surface area contributed by atoms with E-state index in [1.165, 1.54) is 6.07 Å². The number of hydrogen-bond acceptors (Lipinski definition) is 3. The summed E-state index contributed by atoms with van der Waals surface area (Å²) in [5, 5.41) is -0.381. The Labute approximate surface area is 118 Å². The Hall–Kier alpha value is -2.05. The number of halogens is 3. The zero-order valence-electron chi connectivity index (χ0n) is 11.2. The fraction of sp³-hybridized carbons (Fsp3) is 0.429. The number of rotatable bonds is 1. The Kier molecular flexibility index (Phi) is 3.35. The molecule has 1 aliphatic rings. The summed E-state index contributed by atoms with van der Waals surface area (Å²) in [4.78, 5) is 20.1. The van der Waals surface area contributed by atoms with E-state index in [1.807, 2.05) is 4.90 Å². The lowest BCUT2D eigenvalue weighted by atomic mass is 10.0. The molecule has 4 nitrogen and oxygen atoms in total. The van der Waals surface area contributed by atoms with Crippen molar-refractivity contribution in [3.63, 3.8) is 0 Å². The maximum atomic E-state index is 13.1. The van der Waals surface area contributed by atoms with E-state index in [0.29, 0.717) is 5.69 Å². The van der Waals surface area contributed by atoms with Gasteiger partial charge in [-0.25, -0.2) is 4.98 Å². The predicted octanol–water partition coefficient (Wildman–Crippen LogP) is 2.93. The van der Waals surface area contributed by atoms with Crippen LogP contribution in [-0.2, 0) is 6.18 Å². The van der Waals surface area contributed by atoms with Crippen LogP contribution in [0.5, 0.6) is 0 Å². The Morgan fingerprint density at radius 1 is 1.14 bits per heavy atom. The summed E-state index contributed by atoms with van der Waals surface area (Å²) >= 11 is 0. The lowest BCUT2D eigenvalue weighted by molar-refractivity contribution is -0.136. The minimum absolute atomic E-state index is 0.121. The first-order valence-electron chi connectivity index (χ1n) is 6.81. The third-order valence-electron chi connectivity index (χ3n) is 3.78. The predicted molar refractivity (Wildman–Crippen MR) is 73.4 cm³/mol. The molecule has 0 amide bonds. The first-order chi connectivity index (χ1) is 9.98. The standard InChI is InChI=1S/C14H14F3N3O/c15-14(16,17)9-4-5-10(20-6-2-1-3-7-20)12-11(9)13(21)19-8-18-12/h4-5,8H,1-3,6-7H2,(H,18,19,21). The molecule has 2 aromatic rings. The summed E-state index contributed by atoms with van der Waals surface area (Å²) in [5.74, 6) is 0. The van der Waals surface area contributed by atoms with E-state index in [2.05, 4.69) is 9.97 Å². The number of anilines is 1. The summed E-state index contributed by atoms with van der Waals surface area (Å²) in [6.07, 6.45) is -0.326. The van der Waals surface area contributed by atoms with Gasteiger partial charge in [-0.3, -0.25) is 4.79 Å². The highest BCUT2D eigenvalue weighted by atomic mass is 19.4. The highest BCUT2D eigenvalue weighted by Crippen LogP contribution is 2.36. The molecule has 3 rings (SSSR count). The van der Waals surface area contributed by atoms with Gasteiger partial charge in [0.25, 0.3) is 5.56 Å². The van der Waals surface area contributed by atoms with E-state index in [-0.39, 0.29) is 10.9 Å². The molecule has 1 aromatic heterocycles. The van der Waals surface area contributed by atoms with Gasteiger partial charge < -0.3 is 9.88 Å². The zero-order valence-corrected chi connectivity index (χ0v) is 11.2. The number of fused-ring (bicyclic) bond motifs is 1. The van der Waals surface area contributed by atoms with Gasteiger partial charge in [0.05, 0.1) is 23.0 Å². The monoisotopic (exact) mass is 297 g/mol. The van der Waals surface area contributed by atoms with Crippen LogP contribution >= 0.6 is 0 Å². The van der Waals surface area contributed by atoms with E-state index in [4.69, 9.17) is 0 Å². The lowest BCUT2D eigenvalue weighted by Crippen LogP contribution is -2.30. The SMILES string of the molecule is O=c1[nH]cnc2c(N3CCCCC3)ccc(C(F)(F)F)c12. The van der Waals surface area contributed by atoms with Gasteiger partial charge in [0.1, 0.15) is 5.52 Å². The quantitative estimate of drug-likeness (QED) is 0.880. The Bertz CT molecular complexity index is 717. The van der Waals surface area contributed by atoms with Gasteiger partial charge in [-0.2, -0.15) is 13.2 Å². The van der Waals surface area contributed by atoms with E-state index >= 15 is 0 Å². The molecule has 0 radical (unpaired) electrons. The van der Waals surface area contributed by atoms with Gasteiger partial charge in [0.2, 0.25) is 0 Å². The van der Waals surface area contributed by atoms with Crippen LogP contribution in [-0.4, -0.2) is 23.1 Å². The highest BCUT2D eigenvalue weighted by Gasteiger charge is 2.34. The van der Waals surface area contributed by atoms with Crippen molar-refractivity contribution in [2.45, 2.75) is 25.4 Å². The van der Waals surface area contributed by atoms with Crippen LogP contribution in [0.4, 0.5) is 18.9 Å². The van der Waals surface area contributed by atoms with Crippen molar-refractivity contribution in [2.24, 2.45) is 0 Å². The van der Waals surface area contributed by atoms with Crippen molar-refractivity contribution in [3.8, 4) is 0 Å². The number of benzene rings is 1. The van der Waals surface area contributed by atoms with Crippen LogP contribution in [0.1, 0.15) is 24.8 Å². The minimum Gasteiger partial charge on any atom is -0.370 e. The molecule has 0 saturated carbocycles. The lowest BCUT2D eigenvalue weighted by Gasteiger charge is -2.29. The van der Waals surface area contributed by atoms with Crippen molar-refractivity contribution in [3.05, 3.63) is 34.4 Å². The third kappa shape index (κ3) is 2.48. The van der Waals surface area contributed by atoms with Gasteiger partial charge in [-0.05, 0) is 31.4 Å². The molecular formula is C14H14F3N3O. The molecule has 2 heterocycles. The number of nitrogens with one attached hydrogen (secondary N) is 1. The number of aromatic amines is 1. The van der Waals surface area contributed by atoms with Crippen molar-refractivity contribution >= 4 is 16.6 Å². The molecule has 112 valence electrons. The maximum absolute atomic E-state index is 13.1. The van der Waals surface area contributed by atoms with Gasteiger partial charge in [-0.15, -0.1) is 0 Å². The number of piperidine rings is 1. The molecule has 1 fully saturated rings. The van der Waals surface area contributed by atoms with Gasteiger partial charge in [-0.1, -0.05) is 0 Å². The van der Waals surface area contributed by atoms with Crippen LogP contribution in [0.15, 0.2) is 23.3 Å². The summed E-state index contributed by atoms with van der Waals surface area (Å²) in [7, 11) is 0. The van der Waals surface area contributed by atoms with Crippen molar-refractivity contribution in [2.75, 3.05) is 18.0 Å². The third-order valence-corrected chi connectivity index (χ3v) is 3.78. The first-order valence-corrected chi connectivity index (χ1v) is 6.81. The topological polar surface area (TPSA) is 49.0 Å². The second kappa shape index (κ2) is 5.05. The fourth-order valence-electron chi connectivity index (χ4n) is 2.79. The minimum atomic E-state index is -4.57. The zero-order chi connectivity index (χ0) is 15.0. The first kappa shape index (κ1) is 13.9. The average molecular weight is 297 g/mol. The number of H-pyrrole nitrogens is 1. The van der Waals surface area contributed by atoms with E-state index in [1.54, 1.807) is 0 Å². The fourth-order valence-corrected chi connectivity index (χ4v) is 2.79. The normalized spacial score (nSPS) is 16.4. The maximum Gasteiger partial charge on any atom is 0.417 e. The summed E-state index contributed by atoms with van der Waals surface area (Å²) in [5.41, 5.74) is -0.974. The number of hydrogen-bond donors (Lipinski definition) is 1. The van der Waals surface area contributed by atoms with Crippen molar-refractivity contribution < 1.29 is 13.2 Å². The number of aromatic nitrogens is 2. The van der Waals surface area contributed by atoms with Crippen LogP contribution in [0, 0.1) is 0 Å². The van der Waals surface area contributed by atoms with Crippen LogP contribution in [0.3, 0.4) is 0 Å². The smallest absolute Gasteiger partial charge is 0.370 e. The largest absolute Gasteiger partial charge is 0.417 e. The van der Waals surface area contributed by atoms with E-state index in [9.17, 15) is 18.0 Å². The Balaban J connectivity index is 2.25. The molecule has 1 N–H and O–H groups in total. The van der Waals surface area contributed by atoms with E-state index < -0.39 is 17.3 Å². The number of nitrogens with zero attached hydrogens (tertiary/aromatic N) is 2. The van der Waals surface area contributed by atoms with Crippen LogP contribution in [0.2, 0.25) is 0 Å². The Morgan fingerprint density at radius 3 is 2.52 bits per heavy atom. The molecule has 0 aliphatic carbocycles. The van der Waals surface area contributed by atoms with Crippen LogP contribution < -0.4 is 10.5 Å². The van der Waals surface area contributed by atoms with Crippen molar-refractivity contribution in [1.29, 1.82) is 0 Å².